The average Bonchev–Trinajstić information content (AvgIpc) is 3.52. The van der Waals surface area contributed by atoms with Gasteiger partial charge in [0, 0.05) is 36.3 Å². The fraction of sp³-hybridized carbons (Fsp3) is 0.364. The highest BCUT2D eigenvalue weighted by Crippen LogP contribution is 2.33. The van der Waals surface area contributed by atoms with Crippen molar-refractivity contribution in [2.24, 2.45) is 5.92 Å². The van der Waals surface area contributed by atoms with Crippen molar-refractivity contribution < 1.29 is 17.7 Å². The van der Waals surface area contributed by atoms with Crippen LogP contribution in [-0.4, -0.2) is 69.1 Å². The fourth-order valence-corrected chi connectivity index (χ4v) is 6.15. The molecule has 1 aliphatic rings. The molecule has 3 aromatic carbocycles. The molecule has 44 heavy (non-hydrogen) atoms. The zero-order valence-corrected chi connectivity index (χ0v) is 26.5. The summed E-state index contributed by atoms with van der Waals surface area (Å²) < 4.78 is 33.0. The topological polar surface area (TPSA) is 121 Å². The first-order valence-corrected chi connectivity index (χ1v) is 16.4. The van der Waals surface area contributed by atoms with Crippen molar-refractivity contribution in [3.8, 4) is 22.8 Å². The molecule has 1 aromatic heterocycles. The zero-order chi connectivity index (χ0) is 31.3. The lowest BCUT2D eigenvalue weighted by Crippen LogP contribution is -2.37. The van der Waals surface area contributed by atoms with Crippen LogP contribution in [-0.2, 0) is 10.0 Å². The van der Waals surface area contributed by atoms with E-state index in [0.717, 1.165) is 55.8 Å². The quantitative estimate of drug-likeness (QED) is 0.225. The van der Waals surface area contributed by atoms with Gasteiger partial charge < -0.3 is 19.6 Å². The molecular weight excluding hydrogens is 576 g/mol. The highest BCUT2D eigenvalue weighted by Gasteiger charge is 2.22. The van der Waals surface area contributed by atoms with E-state index in [2.05, 4.69) is 70.1 Å². The van der Waals surface area contributed by atoms with Crippen LogP contribution in [0.25, 0.3) is 22.8 Å². The predicted molar refractivity (Wildman–Crippen MR) is 173 cm³/mol. The van der Waals surface area contributed by atoms with Crippen LogP contribution in [0.5, 0.6) is 0 Å². The number of benzene rings is 3. The Morgan fingerprint density at radius 2 is 1.77 bits per heavy atom. The van der Waals surface area contributed by atoms with Crippen LogP contribution in [0.15, 0.2) is 82.2 Å². The van der Waals surface area contributed by atoms with Gasteiger partial charge >= 0.3 is 0 Å². The van der Waals surface area contributed by atoms with Crippen LogP contribution < -0.4 is 14.9 Å². The van der Waals surface area contributed by atoms with Crippen molar-refractivity contribution in [2.75, 3.05) is 43.9 Å². The lowest BCUT2D eigenvalue weighted by molar-refractivity contribution is 0.0981. The minimum atomic E-state index is -4.02. The van der Waals surface area contributed by atoms with Crippen molar-refractivity contribution in [1.82, 2.24) is 19.8 Å². The highest BCUT2D eigenvalue weighted by atomic mass is 32.2. The van der Waals surface area contributed by atoms with E-state index in [1.807, 2.05) is 6.07 Å². The number of nitrogens with zero attached hydrogens (tertiary/aromatic N) is 4. The lowest BCUT2D eigenvalue weighted by atomic mass is 10.0. The Hall–Kier alpha value is -4.22. The summed E-state index contributed by atoms with van der Waals surface area (Å²) in [6, 6.07) is 20.7. The van der Waals surface area contributed by atoms with Gasteiger partial charge in [-0.05, 0) is 93.8 Å². The van der Waals surface area contributed by atoms with Crippen LogP contribution >= 0.6 is 0 Å². The van der Waals surface area contributed by atoms with Crippen molar-refractivity contribution in [3.05, 3.63) is 78.4 Å². The van der Waals surface area contributed by atoms with E-state index in [9.17, 15) is 13.2 Å². The third kappa shape index (κ3) is 7.64. The Kier molecular flexibility index (Phi) is 9.65. The molecule has 4 aromatic rings. The van der Waals surface area contributed by atoms with Gasteiger partial charge in [0.25, 0.3) is 21.8 Å². The highest BCUT2D eigenvalue weighted by molar-refractivity contribution is 7.90. The Morgan fingerprint density at radius 1 is 1.02 bits per heavy atom. The van der Waals surface area contributed by atoms with E-state index >= 15 is 0 Å². The maximum absolute atomic E-state index is 12.9. The van der Waals surface area contributed by atoms with Gasteiger partial charge in [0.1, 0.15) is 0 Å². The first-order valence-electron chi connectivity index (χ1n) is 15.0. The Morgan fingerprint density at radius 3 is 2.50 bits per heavy atom. The van der Waals surface area contributed by atoms with E-state index in [4.69, 9.17) is 4.52 Å². The van der Waals surface area contributed by atoms with Gasteiger partial charge in [0.2, 0.25) is 5.82 Å². The molecule has 2 N–H and O–H groups in total. The second kappa shape index (κ2) is 13.6. The van der Waals surface area contributed by atoms with Crippen molar-refractivity contribution in [3.63, 3.8) is 0 Å². The molecule has 2 heterocycles. The number of carbonyl (C=O) groups excluding carboxylic acids is 1. The maximum atomic E-state index is 12.9. The van der Waals surface area contributed by atoms with Crippen molar-refractivity contribution in [2.45, 2.75) is 44.0 Å². The number of amides is 1. The van der Waals surface area contributed by atoms with Gasteiger partial charge in [0.15, 0.2) is 0 Å². The molecule has 0 radical (unpaired) electrons. The molecule has 0 bridgehead atoms. The van der Waals surface area contributed by atoms with Gasteiger partial charge in [-0.15, -0.1) is 0 Å². The summed E-state index contributed by atoms with van der Waals surface area (Å²) in [6.07, 6.45) is 3.23. The smallest absolute Gasteiger partial charge is 0.265 e. The summed E-state index contributed by atoms with van der Waals surface area (Å²) in [5.41, 5.74) is 3.62. The normalized spacial score (nSPS) is 14.5. The minimum absolute atomic E-state index is 0.00728. The van der Waals surface area contributed by atoms with Gasteiger partial charge in [0.05, 0.1) is 16.3 Å². The molecule has 0 aliphatic carbocycles. The number of carbonyl (C=O) groups is 1. The molecule has 232 valence electrons. The molecule has 0 atom stereocenters. The number of rotatable bonds is 11. The minimum Gasteiger partial charge on any atom is -0.381 e. The summed E-state index contributed by atoms with van der Waals surface area (Å²) in [5.74, 6) is 0.502. The molecule has 0 spiro atoms. The molecule has 0 unspecified atom stereocenters. The number of nitrogens with one attached hydrogen (secondary N) is 2. The number of sulfonamides is 1. The zero-order valence-electron chi connectivity index (χ0n) is 25.7. The monoisotopic (exact) mass is 616 g/mol. The second-order valence-corrected chi connectivity index (χ2v) is 13.5. The molecule has 1 saturated heterocycles. The van der Waals surface area contributed by atoms with E-state index in [1.165, 1.54) is 24.3 Å². The van der Waals surface area contributed by atoms with E-state index < -0.39 is 15.9 Å². The lowest BCUT2D eigenvalue weighted by Gasteiger charge is -2.32. The summed E-state index contributed by atoms with van der Waals surface area (Å²) in [4.78, 5) is 22.1. The van der Waals surface area contributed by atoms with Crippen molar-refractivity contribution >= 4 is 27.3 Å². The number of hydrogen-bond donors (Lipinski definition) is 2. The number of piperidine rings is 1. The molecule has 1 fully saturated rings. The largest absolute Gasteiger partial charge is 0.381 e. The van der Waals surface area contributed by atoms with Crippen LogP contribution in [0, 0.1) is 5.92 Å². The number of likely N-dealkylation sites (tertiary alicyclic amines) is 1. The summed E-state index contributed by atoms with van der Waals surface area (Å²) in [7, 11) is 0.265. The number of anilines is 2. The Balaban J connectivity index is 1.37. The molecule has 1 amide bonds. The van der Waals surface area contributed by atoms with E-state index in [0.29, 0.717) is 23.3 Å². The van der Waals surface area contributed by atoms with Crippen molar-refractivity contribution in [1.29, 1.82) is 0 Å². The van der Waals surface area contributed by atoms with E-state index in [-0.39, 0.29) is 16.3 Å². The third-order valence-electron chi connectivity index (χ3n) is 7.86. The second-order valence-electron chi connectivity index (χ2n) is 11.8. The summed E-state index contributed by atoms with van der Waals surface area (Å²) >= 11 is 0. The Labute approximate surface area is 259 Å². The molecule has 10 nitrogen and oxygen atoms in total. The van der Waals surface area contributed by atoms with Gasteiger partial charge in [-0.25, -0.2) is 13.1 Å². The summed E-state index contributed by atoms with van der Waals surface area (Å²) in [6.45, 7) is 7.52. The Bertz CT molecular complexity index is 1680. The molecule has 1 aliphatic heterocycles. The van der Waals surface area contributed by atoms with Crippen LogP contribution in [0.4, 0.5) is 11.4 Å². The predicted octanol–water partition coefficient (Wildman–Crippen LogP) is 5.51. The standard InChI is InChI=1S/C33H40N6O4S/c1-23(2)15-20-39(4)30-14-13-24(22-29(30)34-27-16-18-38(3)19-17-27)31-35-33(43-36-31)26-10-8-9-25(21-26)32(40)37-44(41,42)28-11-6-5-7-12-28/h5-14,21-23,27,34H,15-20H2,1-4H3,(H,37,40). The van der Waals surface area contributed by atoms with Crippen LogP contribution in [0.2, 0.25) is 0 Å². The number of hydrogen-bond acceptors (Lipinski definition) is 9. The number of aromatic nitrogens is 2. The SMILES string of the molecule is CC(C)CCN(C)c1ccc(-c2noc(-c3cccc(C(=O)NS(=O)(=O)c4ccccc4)c3)n2)cc1NC1CCN(C)CC1. The molecular formula is C33H40N6O4S. The molecule has 5 rings (SSSR count). The average molecular weight is 617 g/mol. The first-order chi connectivity index (χ1) is 21.1. The van der Waals surface area contributed by atoms with E-state index in [1.54, 1.807) is 30.3 Å². The first kappa shape index (κ1) is 31.2. The third-order valence-corrected chi connectivity index (χ3v) is 9.21. The fourth-order valence-electron chi connectivity index (χ4n) is 5.16. The van der Waals surface area contributed by atoms with Crippen LogP contribution in [0.1, 0.15) is 43.5 Å². The van der Waals surface area contributed by atoms with Gasteiger partial charge in [-0.3, -0.25) is 4.79 Å². The van der Waals surface area contributed by atoms with Gasteiger partial charge in [-0.1, -0.05) is 43.3 Å². The summed E-state index contributed by atoms with van der Waals surface area (Å²) in [5, 5.41) is 8.03. The maximum Gasteiger partial charge on any atom is 0.265 e. The van der Waals surface area contributed by atoms with Crippen LogP contribution in [0.3, 0.4) is 0 Å². The molecule has 0 saturated carbocycles. The van der Waals surface area contributed by atoms with Gasteiger partial charge in [-0.2, -0.15) is 4.98 Å². The molecule has 11 heteroatoms.